The zero-order valence-electron chi connectivity index (χ0n) is 16.8. The largest absolute Gasteiger partial charge is 0.336 e. The van der Waals surface area contributed by atoms with Gasteiger partial charge >= 0.3 is 0 Å². The molecular formula is C19H28Cl2N6O2. The molecule has 0 aliphatic carbocycles. The Morgan fingerprint density at radius 2 is 1.66 bits per heavy atom. The number of nitrogens with zero attached hydrogens (tertiary/aromatic N) is 4. The van der Waals surface area contributed by atoms with E-state index in [0.29, 0.717) is 11.3 Å². The fourth-order valence-corrected chi connectivity index (χ4v) is 3.14. The van der Waals surface area contributed by atoms with E-state index in [-0.39, 0.29) is 36.6 Å². The SMILES string of the molecule is CNC(C(=O)Nc1ccc(C(=O)N2CCN(C)CC2)cc1)c1cnn(C)c1.Cl.Cl. The minimum atomic E-state index is -0.495. The quantitative estimate of drug-likeness (QED) is 0.733. The molecule has 0 spiro atoms. The summed E-state index contributed by atoms with van der Waals surface area (Å²) in [6.07, 6.45) is 3.47. The standard InChI is InChI=1S/C19H26N6O2.2ClH/c1-20-17(15-12-21-24(3)13-15)18(26)22-16-6-4-14(5-7-16)19(27)25-10-8-23(2)9-11-25;;/h4-7,12-13,17,20H,8-11H2,1-3H3,(H,22,26);2*1H. The first-order chi connectivity index (χ1) is 13.0. The molecule has 1 aromatic carbocycles. The first kappa shape index (κ1) is 24.9. The van der Waals surface area contributed by atoms with Gasteiger partial charge in [0.2, 0.25) is 5.91 Å². The molecule has 160 valence electrons. The Bertz CT molecular complexity index is 803. The first-order valence-corrected chi connectivity index (χ1v) is 9.02. The van der Waals surface area contributed by atoms with Crippen LogP contribution < -0.4 is 10.6 Å². The molecule has 1 fully saturated rings. The van der Waals surface area contributed by atoms with Gasteiger partial charge < -0.3 is 20.4 Å². The van der Waals surface area contributed by atoms with E-state index in [1.165, 1.54) is 0 Å². The fourth-order valence-electron chi connectivity index (χ4n) is 3.14. The molecule has 0 radical (unpaired) electrons. The van der Waals surface area contributed by atoms with Gasteiger partial charge in [-0.3, -0.25) is 14.3 Å². The van der Waals surface area contributed by atoms with Crippen LogP contribution >= 0.6 is 24.8 Å². The number of carbonyl (C=O) groups is 2. The number of nitrogens with one attached hydrogen (secondary N) is 2. The number of anilines is 1. The summed E-state index contributed by atoms with van der Waals surface area (Å²) in [6.45, 7) is 3.25. The van der Waals surface area contributed by atoms with Gasteiger partial charge in [-0.15, -0.1) is 24.8 Å². The molecule has 2 amide bonds. The fraction of sp³-hybridized carbons (Fsp3) is 0.421. The molecule has 0 saturated carbocycles. The molecule has 1 atom stereocenters. The second-order valence-corrected chi connectivity index (χ2v) is 6.83. The highest BCUT2D eigenvalue weighted by molar-refractivity contribution is 5.97. The van der Waals surface area contributed by atoms with Crippen LogP contribution in [0.4, 0.5) is 5.69 Å². The van der Waals surface area contributed by atoms with Crippen molar-refractivity contribution in [3.63, 3.8) is 0 Å². The summed E-state index contributed by atoms with van der Waals surface area (Å²) in [6, 6.07) is 6.54. The summed E-state index contributed by atoms with van der Waals surface area (Å²) in [5.41, 5.74) is 2.08. The molecule has 10 heteroatoms. The Morgan fingerprint density at radius 1 is 1.03 bits per heavy atom. The van der Waals surface area contributed by atoms with Crippen LogP contribution in [0.25, 0.3) is 0 Å². The maximum atomic E-state index is 12.6. The summed E-state index contributed by atoms with van der Waals surface area (Å²) in [7, 11) is 5.60. The van der Waals surface area contributed by atoms with Crippen molar-refractivity contribution < 1.29 is 9.59 Å². The third kappa shape index (κ3) is 6.17. The van der Waals surface area contributed by atoms with Crippen molar-refractivity contribution in [1.29, 1.82) is 0 Å². The second kappa shape index (κ2) is 11.2. The molecule has 1 aliphatic heterocycles. The molecule has 29 heavy (non-hydrogen) atoms. The van der Waals surface area contributed by atoms with E-state index in [1.807, 2.05) is 11.9 Å². The summed E-state index contributed by atoms with van der Waals surface area (Å²) in [4.78, 5) is 29.2. The second-order valence-electron chi connectivity index (χ2n) is 6.83. The lowest BCUT2D eigenvalue weighted by Gasteiger charge is -2.32. The Labute approximate surface area is 183 Å². The number of carbonyl (C=O) groups excluding carboxylic acids is 2. The maximum Gasteiger partial charge on any atom is 0.253 e. The van der Waals surface area contributed by atoms with Crippen molar-refractivity contribution in [1.82, 2.24) is 24.9 Å². The normalized spacial score (nSPS) is 15.1. The van der Waals surface area contributed by atoms with Gasteiger partial charge in [0, 0.05) is 56.2 Å². The van der Waals surface area contributed by atoms with Gasteiger partial charge in [0.1, 0.15) is 6.04 Å². The average molecular weight is 443 g/mol. The molecule has 1 aromatic heterocycles. The molecule has 2 N–H and O–H groups in total. The summed E-state index contributed by atoms with van der Waals surface area (Å²) in [5.74, 6) is -0.145. The highest BCUT2D eigenvalue weighted by Gasteiger charge is 2.22. The lowest BCUT2D eigenvalue weighted by Crippen LogP contribution is -2.47. The monoisotopic (exact) mass is 442 g/mol. The van der Waals surface area contributed by atoms with Gasteiger partial charge in [0.25, 0.3) is 5.91 Å². The summed E-state index contributed by atoms with van der Waals surface area (Å²) < 4.78 is 1.66. The minimum Gasteiger partial charge on any atom is -0.336 e. The number of aromatic nitrogens is 2. The number of likely N-dealkylation sites (N-methyl/N-ethyl adjacent to an activating group) is 2. The van der Waals surface area contributed by atoms with Crippen LogP contribution in [0.3, 0.4) is 0 Å². The van der Waals surface area contributed by atoms with Crippen molar-refractivity contribution in [2.75, 3.05) is 45.6 Å². The highest BCUT2D eigenvalue weighted by Crippen LogP contribution is 2.17. The Hall–Kier alpha value is -2.13. The highest BCUT2D eigenvalue weighted by atomic mass is 35.5. The van der Waals surface area contributed by atoms with Gasteiger partial charge in [-0.1, -0.05) is 0 Å². The molecule has 0 bridgehead atoms. The van der Waals surface area contributed by atoms with Crippen molar-refractivity contribution in [2.24, 2.45) is 7.05 Å². The molecule has 2 aromatic rings. The van der Waals surface area contributed by atoms with E-state index < -0.39 is 6.04 Å². The topological polar surface area (TPSA) is 82.5 Å². The molecule has 1 aliphatic rings. The third-order valence-corrected chi connectivity index (χ3v) is 4.80. The van der Waals surface area contributed by atoms with Crippen LogP contribution in [0.5, 0.6) is 0 Å². The molecule has 2 heterocycles. The lowest BCUT2D eigenvalue weighted by atomic mass is 10.1. The van der Waals surface area contributed by atoms with E-state index in [2.05, 4.69) is 27.7 Å². The predicted octanol–water partition coefficient (Wildman–Crippen LogP) is 1.55. The molecule has 3 rings (SSSR count). The zero-order chi connectivity index (χ0) is 19.4. The van der Waals surface area contributed by atoms with Crippen LogP contribution in [-0.4, -0.2) is 71.7 Å². The first-order valence-electron chi connectivity index (χ1n) is 9.02. The Kier molecular flexibility index (Phi) is 9.58. The average Bonchev–Trinajstić information content (AvgIpc) is 3.09. The molecule has 1 saturated heterocycles. The van der Waals surface area contributed by atoms with Crippen molar-refractivity contribution >= 4 is 42.3 Å². The number of halogens is 2. The van der Waals surface area contributed by atoms with Crippen LogP contribution in [0.1, 0.15) is 22.0 Å². The molecule has 8 nitrogen and oxygen atoms in total. The lowest BCUT2D eigenvalue weighted by molar-refractivity contribution is -0.118. The van der Waals surface area contributed by atoms with Crippen molar-refractivity contribution in [3.8, 4) is 0 Å². The number of aryl methyl sites for hydroxylation is 1. The number of benzene rings is 1. The van der Waals surface area contributed by atoms with E-state index in [4.69, 9.17) is 0 Å². The minimum absolute atomic E-state index is 0. The van der Waals surface area contributed by atoms with Crippen LogP contribution in [0.2, 0.25) is 0 Å². The third-order valence-electron chi connectivity index (χ3n) is 4.80. The van der Waals surface area contributed by atoms with Crippen molar-refractivity contribution in [3.05, 3.63) is 47.8 Å². The maximum absolute atomic E-state index is 12.6. The number of rotatable bonds is 5. The zero-order valence-corrected chi connectivity index (χ0v) is 18.4. The van der Waals surface area contributed by atoms with Crippen LogP contribution in [-0.2, 0) is 11.8 Å². The van der Waals surface area contributed by atoms with E-state index in [1.54, 1.807) is 48.4 Å². The summed E-state index contributed by atoms with van der Waals surface area (Å²) >= 11 is 0. The number of piperazine rings is 1. The van der Waals surface area contributed by atoms with Crippen LogP contribution in [0, 0.1) is 0 Å². The van der Waals surface area contributed by atoms with E-state index in [9.17, 15) is 9.59 Å². The number of hydrogen-bond donors (Lipinski definition) is 2. The van der Waals surface area contributed by atoms with E-state index in [0.717, 1.165) is 31.7 Å². The number of amides is 2. The van der Waals surface area contributed by atoms with Gasteiger partial charge in [0.15, 0.2) is 0 Å². The smallest absolute Gasteiger partial charge is 0.253 e. The summed E-state index contributed by atoms with van der Waals surface area (Å²) in [5, 5.41) is 9.99. The van der Waals surface area contributed by atoms with Gasteiger partial charge in [-0.05, 0) is 38.4 Å². The van der Waals surface area contributed by atoms with E-state index >= 15 is 0 Å². The Balaban J connectivity index is 0.00000210. The predicted molar refractivity (Wildman–Crippen MR) is 118 cm³/mol. The van der Waals surface area contributed by atoms with Crippen LogP contribution in [0.15, 0.2) is 36.7 Å². The van der Waals surface area contributed by atoms with Crippen molar-refractivity contribution in [2.45, 2.75) is 6.04 Å². The number of hydrogen-bond acceptors (Lipinski definition) is 5. The van der Waals surface area contributed by atoms with Gasteiger partial charge in [0.05, 0.1) is 6.20 Å². The molecule has 1 unspecified atom stereocenters. The Morgan fingerprint density at radius 3 is 2.17 bits per heavy atom. The molecular weight excluding hydrogens is 415 g/mol. The van der Waals surface area contributed by atoms with Gasteiger partial charge in [-0.2, -0.15) is 5.10 Å². The van der Waals surface area contributed by atoms with Gasteiger partial charge in [-0.25, -0.2) is 0 Å².